The Labute approximate surface area is 147 Å². The molecule has 0 saturated heterocycles. The van der Waals surface area contributed by atoms with E-state index in [0.29, 0.717) is 11.3 Å². The molecule has 0 aliphatic carbocycles. The molecule has 8 heteroatoms. The Hall–Kier alpha value is -3.29. The van der Waals surface area contributed by atoms with Gasteiger partial charge in [0.1, 0.15) is 0 Å². The number of halogens is 2. The first-order valence-corrected chi connectivity index (χ1v) is 7.83. The lowest BCUT2D eigenvalue weighted by molar-refractivity contribution is 0.208. The molecule has 1 aromatic carbocycles. The summed E-state index contributed by atoms with van der Waals surface area (Å²) >= 11 is 0. The molecular formula is C18H16F2N4O2. The number of carbonyl (C=O) groups excluding carboxylic acids is 1. The highest BCUT2D eigenvalue weighted by molar-refractivity contribution is 5.90. The number of H-pyrrole nitrogens is 1. The fraction of sp³-hybridized carbons (Fsp3) is 0.167. The van der Waals surface area contributed by atoms with Crippen LogP contribution in [0.3, 0.4) is 0 Å². The van der Waals surface area contributed by atoms with Gasteiger partial charge in [0.2, 0.25) is 0 Å². The molecule has 3 rings (SSSR count). The summed E-state index contributed by atoms with van der Waals surface area (Å²) in [5, 5.41) is 2.58. The molecule has 0 aliphatic heterocycles. The van der Waals surface area contributed by atoms with E-state index in [1.165, 1.54) is 23.4 Å². The Bertz CT molecular complexity index is 1020. The molecule has 26 heavy (non-hydrogen) atoms. The van der Waals surface area contributed by atoms with Crippen LogP contribution < -0.4 is 10.9 Å². The van der Waals surface area contributed by atoms with E-state index >= 15 is 0 Å². The number of fused-ring (bicyclic) bond motifs is 1. The van der Waals surface area contributed by atoms with E-state index in [4.69, 9.17) is 0 Å². The highest BCUT2D eigenvalue weighted by atomic mass is 19.2. The van der Waals surface area contributed by atoms with Gasteiger partial charge < -0.3 is 15.2 Å². The smallest absolute Gasteiger partial charge is 0.322 e. The quantitative estimate of drug-likeness (QED) is 0.753. The van der Waals surface area contributed by atoms with Crippen molar-refractivity contribution in [3.05, 3.63) is 70.4 Å². The number of urea groups is 1. The largest absolute Gasteiger partial charge is 0.328 e. The van der Waals surface area contributed by atoms with Gasteiger partial charge >= 0.3 is 6.03 Å². The predicted molar refractivity (Wildman–Crippen MR) is 93.9 cm³/mol. The van der Waals surface area contributed by atoms with Gasteiger partial charge in [-0.05, 0) is 36.1 Å². The van der Waals surface area contributed by atoms with Gasteiger partial charge in [0, 0.05) is 19.4 Å². The van der Waals surface area contributed by atoms with E-state index in [-0.39, 0.29) is 10.8 Å². The molecule has 134 valence electrons. The highest BCUT2D eigenvalue weighted by Gasteiger charge is 2.22. The van der Waals surface area contributed by atoms with Gasteiger partial charge in [-0.25, -0.2) is 13.6 Å². The lowest BCUT2D eigenvalue weighted by atomic mass is 10.0. The van der Waals surface area contributed by atoms with Crippen LogP contribution in [-0.4, -0.2) is 27.9 Å². The maximum atomic E-state index is 14.1. The van der Waals surface area contributed by atoms with Gasteiger partial charge in [0.15, 0.2) is 11.6 Å². The molecule has 3 aromatic rings. The molecule has 0 unspecified atom stereocenters. The van der Waals surface area contributed by atoms with Crippen LogP contribution >= 0.6 is 0 Å². The van der Waals surface area contributed by atoms with Gasteiger partial charge in [0.25, 0.3) is 5.56 Å². The molecule has 6 nitrogen and oxygen atoms in total. The van der Waals surface area contributed by atoms with Gasteiger partial charge in [0.05, 0.1) is 23.3 Å². The minimum atomic E-state index is -1.21. The van der Waals surface area contributed by atoms with Crippen molar-refractivity contribution in [3.8, 4) is 0 Å². The molecule has 0 saturated carbocycles. The van der Waals surface area contributed by atoms with Crippen LogP contribution in [0.2, 0.25) is 0 Å². The second kappa shape index (κ2) is 6.91. The van der Waals surface area contributed by atoms with Crippen LogP contribution in [0.25, 0.3) is 10.8 Å². The van der Waals surface area contributed by atoms with Crippen LogP contribution in [0, 0.1) is 11.6 Å². The first-order chi connectivity index (χ1) is 12.4. The number of pyridine rings is 2. The summed E-state index contributed by atoms with van der Waals surface area (Å²) in [6, 6.07) is 4.75. The minimum Gasteiger partial charge on any atom is -0.328 e. The number of hydrogen-bond acceptors (Lipinski definition) is 3. The normalized spacial score (nSPS) is 12.0. The zero-order chi connectivity index (χ0) is 18.8. The number of anilines is 1. The number of nitrogens with one attached hydrogen (secondary N) is 2. The van der Waals surface area contributed by atoms with Crippen molar-refractivity contribution in [1.82, 2.24) is 14.9 Å². The second-order valence-corrected chi connectivity index (χ2v) is 5.82. The highest BCUT2D eigenvalue weighted by Crippen LogP contribution is 2.27. The van der Waals surface area contributed by atoms with Crippen molar-refractivity contribution in [2.45, 2.75) is 13.0 Å². The van der Waals surface area contributed by atoms with Crippen molar-refractivity contribution in [3.63, 3.8) is 0 Å². The maximum absolute atomic E-state index is 14.1. The van der Waals surface area contributed by atoms with Gasteiger partial charge in [-0.1, -0.05) is 6.07 Å². The summed E-state index contributed by atoms with van der Waals surface area (Å²) in [5.41, 5.74) is 0.286. The van der Waals surface area contributed by atoms with E-state index in [9.17, 15) is 18.4 Å². The number of nitrogens with zero attached hydrogens (tertiary/aromatic N) is 2. The van der Waals surface area contributed by atoms with Crippen molar-refractivity contribution < 1.29 is 13.6 Å². The summed E-state index contributed by atoms with van der Waals surface area (Å²) in [7, 11) is 1.56. The molecule has 2 aromatic heterocycles. The van der Waals surface area contributed by atoms with E-state index in [2.05, 4.69) is 15.3 Å². The third-order valence-corrected chi connectivity index (χ3v) is 4.26. The monoisotopic (exact) mass is 358 g/mol. The summed E-state index contributed by atoms with van der Waals surface area (Å²) in [5.74, 6) is -2.31. The zero-order valence-electron chi connectivity index (χ0n) is 14.1. The van der Waals surface area contributed by atoms with Gasteiger partial charge in [-0.3, -0.25) is 9.78 Å². The lowest BCUT2D eigenvalue weighted by Crippen LogP contribution is -2.34. The van der Waals surface area contributed by atoms with Crippen LogP contribution in [0.5, 0.6) is 0 Å². The number of aromatic nitrogens is 2. The first kappa shape index (κ1) is 17.5. The molecule has 0 bridgehead atoms. The minimum absolute atomic E-state index is 0.251. The SMILES string of the molecule is C[C@H](c1c[nH]c(=O)c2c(F)c(F)ccc12)N(C)C(=O)Nc1cccnc1. The van der Waals surface area contributed by atoms with Crippen LogP contribution in [0.1, 0.15) is 18.5 Å². The fourth-order valence-corrected chi connectivity index (χ4v) is 2.68. The summed E-state index contributed by atoms with van der Waals surface area (Å²) in [4.78, 5) is 32.1. The topological polar surface area (TPSA) is 78.1 Å². The maximum Gasteiger partial charge on any atom is 0.322 e. The second-order valence-electron chi connectivity index (χ2n) is 5.82. The third kappa shape index (κ3) is 3.13. The summed E-state index contributed by atoms with van der Waals surface area (Å²) in [6.07, 6.45) is 4.49. The van der Waals surface area contributed by atoms with E-state index in [1.54, 1.807) is 32.3 Å². The molecule has 0 aliphatic rings. The zero-order valence-corrected chi connectivity index (χ0v) is 14.1. The number of rotatable bonds is 3. The van der Waals surface area contributed by atoms with E-state index in [0.717, 1.165) is 6.07 Å². The Balaban J connectivity index is 1.96. The summed E-state index contributed by atoms with van der Waals surface area (Å²) in [6.45, 7) is 1.72. The van der Waals surface area contributed by atoms with E-state index in [1.807, 2.05) is 0 Å². The molecule has 0 fully saturated rings. The Morgan fingerprint density at radius 1 is 1.31 bits per heavy atom. The number of amides is 2. The Morgan fingerprint density at radius 3 is 2.77 bits per heavy atom. The van der Waals surface area contributed by atoms with Gasteiger partial charge in [-0.15, -0.1) is 0 Å². The molecule has 0 spiro atoms. The van der Waals surface area contributed by atoms with Crippen LogP contribution in [-0.2, 0) is 0 Å². The standard InChI is InChI=1S/C18H16F2N4O2/c1-10(24(2)18(26)23-11-4-3-7-21-8-11)13-9-22-17(25)15-12(13)5-6-14(19)16(15)20/h3-10H,1-2H3,(H,22,25)(H,23,26)/t10-/m1/s1. The molecule has 2 N–H and O–H groups in total. The number of carbonyl (C=O) groups is 1. The first-order valence-electron chi connectivity index (χ1n) is 7.83. The Kier molecular flexibility index (Phi) is 4.66. The average Bonchev–Trinajstić information content (AvgIpc) is 2.64. The van der Waals surface area contributed by atoms with Crippen molar-refractivity contribution in [2.24, 2.45) is 0 Å². The Morgan fingerprint density at radius 2 is 2.08 bits per heavy atom. The van der Waals surface area contributed by atoms with Gasteiger partial charge in [-0.2, -0.15) is 0 Å². The molecule has 1 atom stereocenters. The number of hydrogen-bond donors (Lipinski definition) is 2. The molecule has 0 radical (unpaired) electrons. The molecular weight excluding hydrogens is 342 g/mol. The van der Waals surface area contributed by atoms with Crippen LogP contribution in [0.15, 0.2) is 47.7 Å². The number of aromatic amines is 1. The number of benzene rings is 1. The van der Waals surface area contributed by atoms with Crippen molar-refractivity contribution in [1.29, 1.82) is 0 Å². The summed E-state index contributed by atoms with van der Waals surface area (Å²) < 4.78 is 27.5. The van der Waals surface area contributed by atoms with Crippen molar-refractivity contribution in [2.75, 3.05) is 12.4 Å². The van der Waals surface area contributed by atoms with Crippen LogP contribution in [0.4, 0.5) is 19.3 Å². The third-order valence-electron chi connectivity index (χ3n) is 4.26. The molecule has 2 heterocycles. The van der Waals surface area contributed by atoms with E-state index < -0.39 is 29.3 Å². The van der Waals surface area contributed by atoms with Crippen molar-refractivity contribution >= 4 is 22.5 Å². The average molecular weight is 358 g/mol. The fourth-order valence-electron chi connectivity index (χ4n) is 2.68. The predicted octanol–water partition coefficient (Wildman–Crippen LogP) is 3.43. The molecule has 2 amide bonds. The lowest BCUT2D eigenvalue weighted by Gasteiger charge is -2.26.